The van der Waals surface area contributed by atoms with E-state index in [4.69, 9.17) is 11.6 Å². The van der Waals surface area contributed by atoms with Crippen molar-refractivity contribution in [3.8, 4) is 0 Å². The molecular formula is C22H27ClN2O2S. The fourth-order valence-electron chi connectivity index (χ4n) is 2.75. The predicted molar refractivity (Wildman–Crippen MR) is 116 cm³/mol. The summed E-state index contributed by atoms with van der Waals surface area (Å²) >= 11 is 7.58. The monoisotopic (exact) mass is 418 g/mol. The van der Waals surface area contributed by atoms with Gasteiger partial charge in [-0.05, 0) is 30.9 Å². The normalized spacial score (nSPS) is 11.1. The van der Waals surface area contributed by atoms with E-state index in [1.165, 1.54) is 4.90 Å². The Hall–Kier alpha value is -2.11. The van der Waals surface area contributed by atoms with Gasteiger partial charge in [0.1, 0.15) is 6.54 Å². The Balaban J connectivity index is 2.18. The van der Waals surface area contributed by atoms with Crippen LogP contribution in [0.4, 0.5) is 0 Å². The molecule has 28 heavy (non-hydrogen) atoms. The first-order valence-electron chi connectivity index (χ1n) is 9.17. The summed E-state index contributed by atoms with van der Waals surface area (Å²) in [6, 6.07) is 13.9. The SMILES string of the molecule is C=CCN(CC(=O)N(Cc1ccccc1)Cc1cccs1)C(=O)C(C)(C)CCl. The van der Waals surface area contributed by atoms with E-state index in [-0.39, 0.29) is 24.2 Å². The zero-order chi connectivity index (χ0) is 20.6. The largest absolute Gasteiger partial charge is 0.332 e. The number of rotatable bonds is 10. The molecule has 2 amide bonds. The second-order valence-electron chi connectivity index (χ2n) is 7.31. The van der Waals surface area contributed by atoms with E-state index >= 15 is 0 Å². The van der Waals surface area contributed by atoms with Crippen molar-refractivity contribution in [2.75, 3.05) is 19.0 Å². The lowest BCUT2D eigenvalue weighted by Crippen LogP contribution is -2.47. The molecule has 2 aromatic rings. The predicted octanol–water partition coefficient (Wildman–Crippen LogP) is 4.56. The number of alkyl halides is 1. The fourth-order valence-corrected chi connectivity index (χ4v) is 3.58. The number of amides is 2. The number of thiophene rings is 1. The Bertz CT molecular complexity index is 775. The van der Waals surface area contributed by atoms with E-state index in [1.54, 1.807) is 36.2 Å². The van der Waals surface area contributed by atoms with Gasteiger partial charge in [-0.1, -0.05) is 42.5 Å². The van der Waals surface area contributed by atoms with Gasteiger partial charge < -0.3 is 9.80 Å². The average Bonchev–Trinajstić information content (AvgIpc) is 3.20. The van der Waals surface area contributed by atoms with Gasteiger partial charge in [-0.15, -0.1) is 29.5 Å². The van der Waals surface area contributed by atoms with Crippen LogP contribution in [-0.4, -0.2) is 40.6 Å². The number of carbonyl (C=O) groups is 2. The summed E-state index contributed by atoms with van der Waals surface area (Å²) in [5.41, 5.74) is 0.318. The van der Waals surface area contributed by atoms with Crippen molar-refractivity contribution < 1.29 is 9.59 Å². The lowest BCUT2D eigenvalue weighted by Gasteiger charge is -2.31. The van der Waals surface area contributed by atoms with Crippen LogP contribution in [0.2, 0.25) is 0 Å². The van der Waals surface area contributed by atoms with Crippen molar-refractivity contribution in [3.63, 3.8) is 0 Å². The van der Waals surface area contributed by atoms with Crippen LogP contribution in [0.5, 0.6) is 0 Å². The van der Waals surface area contributed by atoms with Gasteiger partial charge in [-0.3, -0.25) is 9.59 Å². The van der Waals surface area contributed by atoms with Gasteiger partial charge in [0.05, 0.1) is 12.0 Å². The highest BCUT2D eigenvalue weighted by Crippen LogP contribution is 2.21. The second-order valence-corrected chi connectivity index (χ2v) is 8.61. The molecule has 0 saturated carbocycles. The van der Waals surface area contributed by atoms with Gasteiger partial charge in [0, 0.05) is 23.8 Å². The van der Waals surface area contributed by atoms with Crippen molar-refractivity contribution in [2.24, 2.45) is 5.41 Å². The van der Waals surface area contributed by atoms with Crippen LogP contribution >= 0.6 is 22.9 Å². The fraction of sp³-hybridized carbons (Fsp3) is 0.364. The van der Waals surface area contributed by atoms with Crippen molar-refractivity contribution >= 4 is 34.8 Å². The van der Waals surface area contributed by atoms with Crippen LogP contribution in [0, 0.1) is 5.41 Å². The first kappa shape index (κ1) is 22.2. The molecule has 0 aliphatic heterocycles. The molecule has 0 unspecified atom stereocenters. The topological polar surface area (TPSA) is 40.6 Å². The molecule has 0 fully saturated rings. The van der Waals surface area contributed by atoms with Crippen LogP contribution in [0.1, 0.15) is 24.3 Å². The maximum absolute atomic E-state index is 13.1. The smallest absolute Gasteiger partial charge is 0.242 e. The van der Waals surface area contributed by atoms with Crippen molar-refractivity contribution in [1.29, 1.82) is 0 Å². The third kappa shape index (κ3) is 6.21. The van der Waals surface area contributed by atoms with Crippen LogP contribution < -0.4 is 0 Å². The maximum atomic E-state index is 13.1. The zero-order valence-electron chi connectivity index (χ0n) is 16.4. The first-order valence-corrected chi connectivity index (χ1v) is 10.6. The lowest BCUT2D eigenvalue weighted by molar-refractivity contribution is -0.145. The summed E-state index contributed by atoms with van der Waals surface area (Å²) in [5.74, 6) is -0.0549. The molecule has 6 heteroatoms. The number of carbonyl (C=O) groups excluding carboxylic acids is 2. The summed E-state index contributed by atoms with van der Waals surface area (Å²) < 4.78 is 0. The molecule has 150 valence electrons. The molecule has 0 aliphatic carbocycles. The van der Waals surface area contributed by atoms with Gasteiger partial charge in [-0.25, -0.2) is 0 Å². The third-order valence-corrected chi connectivity index (χ3v) is 5.90. The van der Waals surface area contributed by atoms with Crippen LogP contribution in [0.25, 0.3) is 0 Å². The summed E-state index contributed by atoms with van der Waals surface area (Å²) in [7, 11) is 0. The van der Waals surface area contributed by atoms with E-state index < -0.39 is 5.41 Å². The Kier molecular flexibility index (Phi) is 8.27. The van der Waals surface area contributed by atoms with Gasteiger partial charge in [-0.2, -0.15) is 0 Å². The minimum Gasteiger partial charge on any atom is -0.332 e. The Morgan fingerprint density at radius 3 is 2.39 bits per heavy atom. The molecule has 0 saturated heterocycles. The summed E-state index contributed by atoms with van der Waals surface area (Å²) in [5, 5.41) is 2.00. The van der Waals surface area contributed by atoms with Crippen LogP contribution in [0.3, 0.4) is 0 Å². The minimum absolute atomic E-state index is 0.00335. The molecule has 0 N–H and O–H groups in total. The molecule has 0 bridgehead atoms. The lowest BCUT2D eigenvalue weighted by atomic mass is 9.94. The van der Waals surface area contributed by atoms with E-state index in [1.807, 2.05) is 47.8 Å². The third-order valence-electron chi connectivity index (χ3n) is 4.37. The van der Waals surface area contributed by atoms with Gasteiger partial charge in [0.25, 0.3) is 0 Å². The highest BCUT2D eigenvalue weighted by Gasteiger charge is 2.32. The summed E-state index contributed by atoms with van der Waals surface area (Å²) in [4.78, 5) is 30.4. The van der Waals surface area contributed by atoms with E-state index in [0.29, 0.717) is 19.6 Å². The Morgan fingerprint density at radius 1 is 1.11 bits per heavy atom. The Labute approximate surface area is 176 Å². The zero-order valence-corrected chi connectivity index (χ0v) is 18.0. The van der Waals surface area contributed by atoms with Crippen molar-refractivity contribution in [3.05, 3.63) is 70.9 Å². The molecule has 2 rings (SSSR count). The number of hydrogen-bond donors (Lipinski definition) is 0. The molecule has 0 aliphatic rings. The minimum atomic E-state index is -0.733. The molecule has 4 nitrogen and oxygen atoms in total. The standard InChI is InChI=1S/C22H27ClN2O2S/c1-4-12-24(21(27)22(2,3)17-23)16-20(26)25(15-19-11-8-13-28-19)14-18-9-6-5-7-10-18/h4-11,13H,1,12,14-17H2,2-3H3. The average molecular weight is 419 g/mol. The van der Waals surface area contributed by atoms with Crippen LogP contribution in [0.15, 0.2) is 60.5 Å². The van der Waals surface area contributed by atoms with Crippen molar-refractivity contribution in [1.82, 2.24) is 9.80 Å². The second kappa shape index (κ2) is 10.4. The number of benzene rings is 1. The van der Waals surface area contributed by atoms with Crippen LogP contribution in [-0.2, 0) is 22.7 Å². The molecule has 0 spiro atoms. The molecular weight excluding hydrogens is 392 g/mol. The number of halogens is 1. The number of hydrogen-bond acceptors (Lipinski definition) is 3. The van der Waals surface area contributed by atoms with Gasteiger partial charge >= 0.3 is 0 Å². The molecule has 1 heterocycles. The molecule has 1 aromatic heterocycles. The number of nitrogens with zero attached hydrogens (tertiary/aromatic N) is 2. The molecule has 0 atom stereocenters. The first-order chi connectivity index (χ1) is 13.4. The van der Waals surface area contributed by atoms with Gasteiger partial charge in [0.2, 0.25) is 11.8 Å². The highest BCUT2D eigenvalue weighted by atomic mass is 35.5. The van der Waals surface area contributed by atoms with E-state index in [9.17, 15) is 9.59 Å². The summed E-state index contributed by atoms with van der Waals surface area (Å²) in [6.45, 7) is 8.62. The maximum Gasteiger partial charge on any atom is 0.242 e. The van der Waals surface area contributed by atoms with Crippen molar-refractivity contribution in [2.45, 2.75) is 26.9 Å². The quantitative estimate of drug-likeness (QED) is 0.419. The highest BCUT2D eigenvalue weighted by molar-refractivity contribution is 7.09. The Morgan fingerprint density at radius 2 is 1.82 bits per heavy atom. The molecule has 1 aromatic carbocycles. The van der Waals surface area contributed by atoms with E-state index in [2.05, 4.69) is 6.58 Å². The van der Waals surface area contributed by atoms with E-state index in [0.717, 1.165) is 10.4 Å². The molecule has 0 radical (unpaired) electrons. The van der Waals surface area contributed by atoms with Gasteiger partial charge in [0.15, 0.2) is 0 Å². The summed E-state index contributed by atoms with van der Waals surface area (Å²) in [6.07, 6.45) is 1.64.